The number of hydrogen-bond acceptors (Lipinski definition) is 3. The second-order valence-electron chi connectivity index (χ2n) is 5.95. The summed E-state index contributed by atoms with van der Waals surface area (Å²) in [6.07, 6.45) is 5.42. The van der Waals surface area contributed by atoms with Gasteiger partial charge in [0, 0.05) is 23.9 Å². The van der Waals surface area contributed by atoms with Crippen molar-refractivity contribution in [3.8, 4) is 6.07 Å². The molecule has 2 nitrogen and oxygen atoms in total. The zero-order chi connectivity index (χ0) is 13.0. The van der Waals surface area contributed by atoms with Crippen LogP contribution in [0.15, 0.2) is 11.4 Å². The van der Waals surface area contributed by atoms with Gasteiger partial charge in [-0.15, -0.1) is 11.3 Å². The van der Waals surface area contributed by atoms with Gasteiger partial charge in [-0.2, -0.15) is 5.26 Å². The van der Waals surface area contributed by atoms with Crippen molar-refractivity contribution in [1.29, 1.82) is 5.26 Å². The van der Waals surface area contributed by atoms with Gasteiger partial charge < -0.3 is 5.32 Å². The minimum Gasteiger partial charge on any atom is -0.309 e. The smallest absolute Gasteiger partial charge is 0.0621 e. The van der Waals surface area contributed by atoms with Crippen LogP contribution < -0.4 is 5.32 Å². The molecule has 2 rings (SSSR count). The largest absolute Gasteiger partial charge is 0.309 e. The second kappa shape index (κ2) is 5.86. The Morgan fingerprint density at radius 1 is 1.56 bits per heavy atom. The van der Waals surface area contributed by atoms with Crippen molar-refractivity contribution in [3.05, 3.63) is 21.9 Å². The van der Waals surface area contributed by atoms with E-state index in [1.807, 2.05) is 11.3 Å². The first-order valence-corrected chi connectivity index (χ1v) is 7.67. The highest BCUT2D eigenvalue weighted by atomic mass is 32.1. The molecule has 0 fully saturated rings. The molecule has 0 saturated carbocycles. The van der Waals surface area contributed by atoms with Crippen LogP contribution in [-0.4, -0.2) is 6.54 Å². The van der Waals surface area contributed by atoms with Crippen LogP contribution in [0.25, 0.3) is 0 Å². The summed E-state index contributed by atoms with van der Waals surface area (Å²) < 4.78 is 0. The molecule has 0 bridgehead atoms. The fraction of sp³-hybridized carbons (Fsp3) is 0.667. The molecule has 18 heavy (non-hydrogen) atoms. The van der Waals surface area contributed by atoms with E-state index in [1.54, 1.807) is 4.88 Å². The molecule has 0 amide bonds. The summed E-state index contributed by atoms with van der Waals surface area (Å²) in [5.41, 5.74) is 1.73. The molecule has 98 valence electrons. The third-order valence-electron chi connectivity index (χ3n) is 3.79. The second-order valence-corrected chi connectivity index (χ2v) is 6.95. The number of nitrogens with zero attached hydrogens (tertiary/aromatic N) is 1. The highest BCUT2D eigenvalue weighted by Gasteiger charge is 2.24. The number of thiophene rings is 1. The monoisotopic (exact) mass is 262 g/mol. The van der Waals surface area contributed by atoms with Gasteiger partial charge in [0.25, 0.3) is 0 Å². The Morgan fingerprint density at radius 2 is 2.39 bits per heavy atom. The molecule has 0 aliphatic heterocycles. The summed E-state index contributed by atoms with van der Waals surface area (Å²) in [6.45, 7) is 5.48. The summed E-state index contributed by atoms with van der Waals surface area (Å²) in [6, 6.07) is 5.05. The van der Waals surface area contributed by atoms with Crippen LogP contribution in [0.5, 0.6) is 0 Å². The zero-order valence-electron chi connectivity index (χ0n) is 11.3. The minimum absolute atomic E-state index is 0.212. The highest BCUT2D eigenvalue weighted by Crippen LogP contribution is 2.34. The molecule has 1 heterocycles. The molecular formula is C15H22N2S. The van der Waals surface area contributed by atoms with Crippen molar-refractivity contribution in [2.45, 2.75) is 52.0 Å². The molecule has 0 spiro atoms. The molecule has 1 aromatic rings. The van der Waals surface area contributed by atoms with Crippen LogP contribution in [0.3, 0.4) is 0 Å². The molecule has 1 atom stereocenters. The van der Waals surface area contributed by atoms with Crippen molar-refractivity contribution in [3.63, 3.8) is 0 Å². The van der Waals surface area contributed by atoms with E-state index < -0.39 is 0 Å². The van der Waals surface area contributed by atoms with Crippen molar-refractivity contribution < 1.29 is 0 Å². The van der Waals surface area contributed by atoms with E-state index in [-0.39, 0.29) is 5.41 Å². The molecule has 1 aliphatic carbocycles. The molecule has 3 heteroatoms. The summed E-state index contributed by atoms with van der Waals surface area (Å²) in [5.74, 6) is 0. The Hall–Kier alpha value is -0.850. The number of fused-ring (bicyclic) bond motifs is 1. The number of nitrogens with one attached hydrogen (secondary N) is 1. The molecule has 1 aromatic heterocycles. The highest BCUT2D eigenvalue weighted by molar-refractivity contribution is 7.10. The van der Waals surface area contributed by atoms with Crippen LogP contribution >= 0.6 is 11.3 Å². The number of hydrogen-bond donors (Lipinski definition) is 1. The van der Waals surface area contributed by atoms with Crippen molar-refractivity contribution >= 4 is 11.3 Å². The van der Waals surface area contributed by atoms with E-state index in [9.17, 15) is 0 Å². The average Bonchev–Trinajstić information content (AvgIpc) is 2.82. The fourth-order valence-corrected chi connectivity index (χ4v) is 3.57. The first-order chi connectivity index (χ1) is 8.62. The maximum atomic E-state index is 8.68. The van der Waals surface area contributed by atoms with E-state index in [2.05, 4.69) is 36.7 Å². The van der Waals surface area contributed by atoms with Crippen LogP contribution in [-0.2, 0) is 6.42 Å². The first-order valence-electron chi connectivity index (χ1n) is 6.79. The first kappa shape index (κ1) is 13.6. The van der Waals surface area contributed by atoms with Gasteiger partial charge >= 0.3 is 0 Å². The van der Waals surface area contributed by atoms with Gasteiger partial charge in [-0.3, -0.25) is 0 Å². The molecular weight excluding hydrogens is 240 g/mol. The van der Waals surface area contributed by atoms with Crippen molar-refractivity contribution in [2.24, 2.45) is 5.41 Å². The Bertz CT molecular complexity index is 428. The van der Waals surface area contributed by atoms with Crippen LogP contribution in [0, 0.1) is 16.7 Å². The summed E-state index contributed by atoms with van der Waals surface area (Å²) >= 11 is 1.89. The number of aryl methyl sites for hydroxylation is 1. The maximum absolute atomic E-state index is 8.68. The quantitative estimate of drug-likeness (QED) is 0.869. The van der Waals surface area contributed by atoms with Crippen molar-refractivity contribution in [2.75, 3.05) is 6.54 Å². The van der Waals surface area contributed by atoms with Crippen LogP contribution in [0.1, 0.15) is 56.0 Å². The van der Waals surface area contributed by atoms with Gasteiger partial charge in [0.1, 0.15) is 0 Å². The van der Waals surface area contributed by atoms with E-state index in [0.717, 1.165) is 13.0 Å². The number of rotatable bonds is 5. The molecule has 1 N–H and O–H groups in total. The normalized spacial score (nSPS) is 19.3. The predicted molar refractivity (Wildman–Crippen MR) is 76.6 cm³/mol. The van der Waals surface area contributed by atoms with Gasteiger partial charge in [0.05, 0.1) is 6.07 Å². The van der Waals surface area contributed by atoms with Gasteiger partial charge in [-0.1, -0.05) is 13.8 Å². The molecule has 1 aliphatic rings. The maximum Gasteiger partial charge on any atom is 0.0621 e. The minimum atomic E-state index is 0.212. The zero-order valence-corrected chi connectivity index (χ0v) is 12.1. The van der Waals surface area contributed by atoms with Crippen molar-refractivity contribution in [1.82, 2.24) is 5.32 Å². The molecule has 1 unspecified atom stereocenters. The topological polar surface area (TPSA) is 35.8 Å². The fourth-order valence-electron chi connectivity index (χ4n) is 2.58. The molecule has 0 saturated heterocycles. The molecule has 0 aromatic carbocycles. The Kier molecular flexibility index (Phi) is 4.42. The lowest BCUT2D eigenvalue weighted by molar-refractivity contribution is 0.292. The lowest BCUT2D eigenvalue weighted by Crippen LogP contribution is -2.33. The van der Waals surface area contributed by atoms with Gasteiger partial charge in [0.15, 0.2) is 0 Å². The summed E-state index contributed by atoms with van der Waals surface area (Å²) in [4.78, 5) is 1.56. The van der Waals surface area contributed by atoms with Gasteiger partial charge in [-0.25, -0.2) is 0 Å². The van der Waals surface area contributed by atoms with Crippen LogP contribution in [0.4, 0.5) is 0 Å². The summed E-state index contributed by atoms with van der Waals surface area (Å²) in [7, 11) is 0. The Labute approximate surface area is 114 Å². The lowest BCUT2D eigenvalue weighted by atomic mass is 9.86. The Morgan fingerprint density at radius 3 is 3.17 bits per heavy atom. The Balaban J connectivity index is 1.90. The average molecular weight is 262 g/mol. The van der Waals surface area contributed by atoms with Gasteiger partial charge in [0.2, 0.25) is 0 Å². The predicted octanol–water partition coefficient (Wildman–Crippen LogP) is 4.05. The SMILES string of the molecule is CC(C)(CCC#N)CNC1CCCc2sccc21. The van der Waals surface area contributed by atoms with E-state index in [4.69, 9.17) is 5.26 Å². The third-order valence-corrected chi connectivity index (χ3v) is 4.79. The van der Waals surface area contributed by atoms with E-state index in [0.29, 0.717) is 12.5 Å². The molecule has 0 radical (unpaired) electrons. The van der Waals surface area contributed by atoms with E-state index in [1.165, 1.54) is 24.8 Å². The van der Waals surface area contributed by atoms with Gasteiger partial charge in [-0.05, 0) is 48.1 Å². The van der Waals surface area contributed by atoms with Crippen LogP contribution in [0.2, 0.25) is 0 Å². The number of nitriles is 1. The lowest BCUT2D eigenvalue weighted by Gasteiger charge is -2.30. The third kappa shape index (κ3) is 3.34. The van der Waals surface area contributed by atoms with E-state index >= 15 is 0 Å². The summed E-state index contributed by atoms with van der Waals surface area (Å²) in [5, 5.41) is 14.6. The standard InChI is InChI=1S/C15H22N2S/c1-15(2,8-4-9-16)11-17-13-5-3-6-14-12(13)7-10-18-14/h7,10,13,17H,3-6,8,11H2,1-2H3.